The topological polar surface area (TPSA) is 118 Å². The van der Waals surface area contributed by atoms with Crippen molar-refractivity contribution in [2.45, 2.75) is 77.0 Å². The maximum atomic E-state index is 11.3. The van der Waals surface area contributed by atoms with Crippen LogP contribution in [0, 0.1) is 5.41 Å². The van der Waals surface area contributed by atoms with Gasteiger partial charge in [-0.2, -0.15) is 0 Å². The van der Waals surface area contributed by atoms with Gasteiger partial charge in [0.15, 0.2) is 0 Å². The molecule has 0 saturated heterocycles. The average molecular weight is 889 g/mol. The highest BCUT2D eigenvalue weighted by Crippen LogP contribution is 2.48. The molecule has 332 valence electrons. The van der Waals surface area contributed by atoms with Gasteiger partial charge in [0.25, 0.3) is 0 Å². The van der Waals surface area contributed by atoms with Crippen LogP contribution in [0.25, 0.3) is 0 Å². The van der Waals surface area contributed by atoms with Crippen molar-refractivity contribution < 1.29 is 38.1 Å². The number of hydrogen-bond acceptors (Lipinski definition) is 8. The van der Waals surface area contributed by atoms with Gasteiger partial charge in [-0.05, 0) is 45.5 Å². The van der Waals surface area contributed by atoms with Crippen LogP contribution in [0.1, 0.15) is 99.9 Å². The fourth-order valence-corrected chi connectivity index (χ4v) is 9.45. The number of rotatable bonds is 20. The molecule has 8 nitrogen and oxygen atoms in total. The monoisotopic (exact) mass is 888 g/mol. The van der Waals surface area contributed by atoms with Crippen molar-refractivity contribution in [1.82, 2.24) is 0 Å². The van der Waals surface area contributed by atoms with E-state index >= 15 is 0 Å². The van der Waals surface area contributed by atoms with Crippen LogP contribution in [0.2, 0.25) is 0 Å². The third-order valence-corrected chi connectivity index (χ3v) is 14.1. The minimum atomic E-state index is -2.55. The summed E-state index contributed by atoms with van der Waals surface area (Å²) in [6, 6.07) is 52.9. The van der Waals surface area contributed by atoms with Gasteiger partial charge in [0, 0.05) is 32.8 Å². The van der Waals surface area contributed by atoms with E-state index in [4.69, 9.17) is 18.1 Å². The second-order valence-corrected chi connectivity index (χ2v) is 20.2. The van der Waals surface area contributed by atoms with Gasteiger partial charge in [-0.3, -0.25) is 0 Å². The van der Waals surface area contributed by atoms with E-state index in [2.05, 4.69) is 116 Å². The Morgan fingerprint density at radius 3 is 0.952 bits per heavy atom. The molecule has 0 aliphatic rings. The lowest BCUT2D eigenvalue weighted by Gasteiger charge is -2.33. The van der Waals surface area contributed by atoms with E-state index in [1.807, 2.05) is 97.1 Å². The first-order valence-corrected chi connectivity index (χ1v) is 23.5. The Kier molecular flexibility index (Phi) is 15.4. The zero-order valence-electron chi connectivity index (χ0n) is 37.7. The number of hydrogen-bond donors (Lipinski definition) is 4. The minimum Gasteiger partial charge on any atom is -0.427 e. The molecule has 2 unspecified atom stereocenters. The van der Waals surface area contributed by atoms with Crippen LogP contribution in [0.3, 0.4) is 0 Å². The van der Waals surface area contributed by atoms with Crippen molar-refractivity contribution in [3.63, 3.8) is 0 Å². The molecule has 0 heterocycles. The van der Waals surface area contributed by atoms with E-state index in [1.54, 1.807) is 0 Å². The highest BCUT2D eigenvalue weighted by Gasteiger charge is 2.37. The lowest BCUT2D eigenvalue weighted by molar-refractivity contribution is -0.0225. The summed E-state index contributed by atoms with van der Waals surface area (Å²) in [5.74, 6) is 0.888. The molecule has 0 fully saturated rings. The zero-order chi connectivity index (χ0) is 45.5. The lowest BCUT2D eigenvalue weighted by Crippen LogP contribution is -2.39. The third-order valence-electron chi connectivity index (χ3n) is 12.7. The summed E-state index contributed by atoms with van der Waals surface area (Å²) >= 11 is 0. The second kappa shape index (κ2) is 20.2. The molecule has 6 rings (SSSR count). The summed E-state index contributed by atoms with van der Waals surface area (Å²) in [4.78, 5) is 22.6. The van der Waals surface area contributed by atoms with E-state index in [1.165, 1.54) is 0 Å². The van der Waals surface area contributed by atoms with Gasteiger partial charge in [0.2, 0.25) is 0 Å². The fourth-order valence-electron chi connectivity index (χ4n) is 7.92. The highest BCUT2D eigenvalue weighted by atomic mass is 31.2. The van der Waals surface area contributed by atoms with Crippen LogP contribution in [-0.2, 0) is 30.7 Å². The molecule has 0 spiro atoms. The molecule has 0 aliphatic carbocycles. The Morgan fingerprint density at radius 2 is 0.667 bits per heavy atom. The van der Waals surface area contributed by atoms with E-state index in [0.717, 1.165) is 44.5 Å². The Balaban J connectivity index is 1.19. The first-order valence-electron chi connectivity index (χ1n) is 21.3. The van der Waals surface area contributed by atoms with Crippen LogP contribution in [0.5, 0.6) is 11.5 Å². The molecule has 6 aromatic rings. The van der Waals surface area contributed by atoms with Gasteiger partial charge in [-0.25, -0.2) is 0 Å². The molecule has 0 radical (unpaired) electrons. The van der Waals surface area contributed by atoms with Crippen LogP contribution >= 0.6 is 17.2 Å². The molecular weight excluding hydrogens is 827 g/mol. The molecule has 0 aliphatic heterocycles. The molecular formula is C53H62O8P2. The molecule has 63 heavy (non-hydrogen) atoms. The normalized spacial score (nSPS) is 13.7. The Labute approximate surface area is 376 Å². The van der Waals surface area contributed by atoms with Gasteiger partial charge >= 0.3 is 17.2 Å². The first kappa shape index (κ1) is 48.0. The van der Waals surface area contributed by atoms with E-state index in [0.29, 0.717) is 11.5 Å². The molecule has 0 amide bonds. The first-order chi connectivity index (χ1) is 29.9. The number of benzene rings is 6. The smallest absolute Gasteiger partial charge is 0.394 e. The Hall–Kier alpha value is -4.46. The van der Waals surface area contributed by atoms with Crippen molar-refractivity contribution >= 4 is 17.2 Å². The summed E-state index contributed by atoms with van der Waals surface area (Å²) in [5, 5.41) is 21.2. The lowest BCUT2D eigenvalue weighted by atomic mass is 9.73. The molecule has 4 N–H and O–H groups in total. The maximum absolute atomic E-state index is 11.3. The van der Waals surface area contributed by atoms with Gasteiger partial charge in [-0.15, -0.1) is 0 Å². The fraction of sp³-hybridized carbons (Fsp3) is 0.321. The molecule has 0 aromatic heterocycles. The van der Waals surface area contributed by atoms with Crippen LogP contribution < -0.4 is 9.05 Å². The molecule has 0 bridgehead atoms. The predicted molar refractivity (Wildman–Crippen MR) is 255 cm³/mol. The van der Waals surface area contributed by atoms with Gasteiger partial charge in [0.1, 0.15) is 11.5 Å². The number of aliphatic hydroxyl groups excluding tert-OH is 2. The summed E-state index contributed by atoms with van der Waals surface area (Å²) in [7, 11) is -5.10. The van der Waals surface area contributed by atoms with Crippen LogP contribution in [0.4, 0.5) is 0 Å². The molecule has 6 aromatic carbocycles. The molecule has 0 saturated carbocycles. The summed E-state index contributed by atoms with van der Waals surface area (Å²) in [5.41, 5.74) is 5.18. The van der Waals surface area contributed by atoms with E-state index in [-0.39, 0.29) is 24.0 Å². The summed E-state index contributed by atoms with van der Waals surface area (Å²) in [6.07, 6.45) is 0. The SMILES string of the molecule is CC(C)(c1ccccc1)c1ccc(OP(O)OCC(CO)(CO)COP(O)Oc2ccc(C(C)(C)c3ccccc3)cc2C(C)(C)c2ccccc2)c(C(C)(C)c2ccccc2)c1. The van der Waals surface area contributed by atoms with Gasteiger partial charge in [0.05, 0.1) is 31.8 Å². The van der Waals surface area contributed by atoms with Crippen LogP contribution in [0.15, 0.2) is 158 Å². The zero-order valence-corrected chi connectivity index (χ0v) is 39.4. The standard InChI is InChI=1S/C53H62O8P2/c1-49(2,39-21-13-9-14-22-39)43-29-31-47(45(33-43)51(5,6)41-25-17-11-18-26-41)60-62(56)58-37-53(35-54,36-55)38-59-63(57)61-48-32-30-44(50(3,4)40-23-15-10-16-24-40)34-46(48)52(7,8)42-27-19-12-20-28-42/h9-34,54-57H,35-38H2,1-8H3. The van der Waals surface area contributed by atoms with Crippen molar-refractivity contribution in [2.75, 3.05) is 26.4 Å². The quantitative estimate of drug-likeness (QED) is 0.0560. The maximum Gasteiger partial charge on any atom is 0.394 e. The van der Waals surface area contributed by atoms with Crippen molar-refractivity contribution in [3.05, 3.63) is 202 Å². The summed E-state index contributed by atoms with van der Waals surface area (Å²) in [6.45, 7) is 15.4. The highest BCUT2D eigenvalue weighted by molar-refractivity contribution is 7.41. The third kappa shape index (κ3) is 10.9. The van der Waals surface area contributed by atoms with Crippen LogP contribution in [-0.4, -0.2) is 46.4 Å². The second-order valence-electron chi connectivity index (χ2n) is 18.4. The number of aliphatic hydroxyl groups is 2. The van der Waals surface area contributed by atoms with E-state index < -0.39 is 46.7 Å². The molecule has 2 atom stereocenters. The van der Waals surface area contributed by atoms with Gasteiger partial charge < -0.3 is 38.1 Å². The van der Waals surface area contributed by atoms with Gasteiger partial charge in [-0.1, -0.05) is 201 Å². The minimum absolute atomic E-state index is 0.332. The molecule has 10 heteroatoms. The predicted octanol–water partition coefficient (Wildman–Crippen LogP) is 11.9. The van der Waals surface area contributed by atoms with Crippen molar-refractivity contribution in [1.29, 1.82) is 0 Å². The Bertz CT molecular complexity index is 2200. The average Bonchev–Trinajstić information content (AvgIpc) is 3.30. The Morgan fingerprint density at radius 1 is 0.381 bits per heavy atom. The van der Waals surface area contributed by atoms with E-state index in [9.17, 15) is 20.0 Å². The van der Waals surface area contributed by atoms with Crippen molar-refractivity contribution in [3.8, 4) is 11.5 Å². The summed E-state index contributed by atoms with van der Waals surface area (Å²) < 4.78 is 24.1. The van der Waals surface area contributed by atoms with Crippen molar-refractivity contribution in [2.24, 2.45) is 5.41 Å². The largest absolute Gasteiger partial charge is 0.427 e.